The van der Waals surface area contributed by atoms with Gasteiger partial charge in [0.15, 0.2) is 0 Å². The summed E-state index contributed by atoms with van der Waals surface area (Å²) >= 11 is 0. The topological polar surface area (TPSA) is 58.4 Å². The Morgan fingerprint density at radius 1 is 1.25 bits per heavy atom. The summed E-state index contributed by atoms with van der Waals surface area (Å²) in [5.74, 6) is 5.46. The molecule has 4 heteroatoms. The van der Waals surface area contributed by atoms with E-state index in [9.17, 15) is 4.79 Å². The van der Waals surface area contributed by atoms with E-state index in [-0.39, 0.29) is 11.8 Å². The van der Waals surface area contributed by atoms with Gasteiger partial charge in [-0.2, -0.15) is 0 Å². The minimum atomic E-state index is -0.216. The first-order valence-corrected chi connectivity index (χ1v) is 7.29. The zero-order chi connectivity index (χ0) is 15.1. The lowest BCUT2D eigenvalue weighted by Crippen LogP contribution is -2.33. The average Bonchev–Trinajstić information content (AvgIpc) is 2.45. The molecule has 0 aromatic heterocycles. The van der Waals surface area contributed by atoms with Crippen molar-refractivity contribution >= 4 is 5.91 Å². The molecule has 0 saturated carbocycles. The van der Waals surface area contributed by atoms with Crippen LogP contribution in [0.25, 0.3) is 0 Å². The number of hydrogen-bond acceptors (Lipinski definition) is 3. The minimum absolute atomic E-state index is 0.159. The molecule has 1 aromatic rings. The number of benzene rings is 1. The van der Waals surface area contributed by atoms with Crippen LogP contribution in [0.4, 0.5) is 0 Å². The third-order valence-corrected chi connectivity index (χ3v) is 3.49. The minimum Gasteiger partial charge on any atom is -0.299 e. The second kappa shape index (κ2) is 8.02. The Morgan fingerprint density at radius 3 is 2.30 bits per heavy atom. The summed E-state index contributed by atoms with van der Waals surface area (Å²) in [5, 5.41) is 0. The van der Waals surface area contributed by atoms with E-state index in [4.69, 9.17) is 5.84 Å². The van der Waals surface area contributed by atoms with Crippen LogP contribution in [0.5, 0.6) is 0 Å². The van der Waals surface area contributed by atoms with Gasteiger partial charge in [0.05, 0.1) is 5.92 Å². The van der Waals surface area contributed by atoms with Gasteiger partial charge in [0.2, 0.25) is 5.91 Å². The van der Waals surface area contributed by atoms with E-state index in [0.29, 0.717) is 5.92 Å². The van der Waals surface area contributed by atoms with Crippen molar-refractivity contribution in [2.45, 2.75) is 40.2 Å². The molecule has 3 N–H and O–H groups in total. The normalized spacial score (nSPS) is 12.8. The van der Waals surface area contributed by atoms with Crippen molar-refractivity contribution in [1.29, 1.82) is 0 Å². The van der Waals surface area contributed by atoms with Crippen LogP contribution in [0.1, 0.15) is 44.7 Å². The van der Waals surface area contributed by atoms with Crippen molar-refractivity contribution in [3.63, 3.8) is 0 Å². The molecule has 0 radical (unpaired) electrons. The van der Waals surface area contributed by atoms with E-state index in [0.717, 1.165) is 25.2 Å². The van der Waals surface area contributed by atoms with Crippen LogP contribution in [0.15, 0.2) is 24.3 Å². The summed E-state index contributed by atoms with van der Waals surface area (Å²) in [6, 6.07) is 8.22. The largest absolute Gasteiger partial charge is 0.299 e. The van der Waals surface area contributed by atoms with Crippen LogP contribution in [0.2, 0.25) is 0 Å². The monoisotopic (exact) mass is 277 g/mol. The van der Waals surface area contributed by atoms with Crippen molar-refractivity contribution < 1.29 is 4.79 Å². The molecule has 0 saturated heterocycles. The van der Waals surface area contributed by atoms with Gasteiger partial charge in [0, 0.05) is 13.1 Å². The van der Waals surface area contributed by atoms with E-state index in [1.54, 1.807) is 0 Å². The summed E-state index contributed by atoms with van der Waals surface area (Å²) in [7, 11) is 0. The molecule has 0 heterocycles. The Labute approximate surface area is 122 Å². The molecule has 1 amide bonds. The Balaban J connectivity index is 2.68. The van der Waals surface area contributed by atoms with Crippen LogP contribution < -0.4 is 11.3 Å². The number of carbonyl (C=O) groups excluding carboxylic acids is 1. The van der Waals surface area contributed by atoms with Gasteiger partial charge < -0.3 is 0 Å². The molecule has 0 aliphatic carbocycles. The third kappa shape index (κ3) is 4.94. The fraction of sp³-hybridized carbons (Fsp3) is 0.562. The second-order valence-corrected chi connectivity index (χ2v) is 5.69. The molecule has 0 bridgehead atoms. The highest BCUT2D eigenvalue weighted by molar-refractivity contribution is 5.82. The van der Waals surface area contributed by atoms with Gasteiger partial charge in [0.1, 0.15) is 0 Å². The van der Waals surface area contributed by atoms with Crippen LogP contribution in [0.3, 0.4) is 0 Å². The van der Waals surface area contributed by atoms with Crippen molar-refractivity contribution in [1.82, 2.24) is 10.3 Å². The van der Waals surface area contributed by atoms with Crippen molar-refractivity contribution in [2.24, 2.45) is 11.8 Å². The van der Waals surface area contributed by atoms with Gasteiger partial charge in [-0.25, -0.2) is 5.84 Å². The summed E-state index contributed by atoms with van der Waals surface area (Å²) in [6.07, 6.45) is 0. The van der Waals surface area contributed by atoms with Gasteiger partial charge in [-0.1, -0.05) is 45.0 Å². The average molecular weight is 277 g/mol. The zero-order valence-electron chi connectivity index (χ0n) is 13.0. The van der Waals surface area contributed by atoms with Gasteiger partial charge in [-0.05, 0) is 30.5 Å². The fourth-order valence-electron chi connectivity index (χ4n) is 2.27. The molecule has 0 spiro atoms. The SMILES string of the molecule is CCN(Cc1ccc(C(C)C(=O)NN)cc1)CC(C)C. The molecule has 4 nitrogen and oxygen atoms in total. The second-order valence-electron chi connectivity index (χ2n) is 5.69. The predicted molar refractivity (Wildman–Crippen MR) is 83.0 cm³/mol. The maximum atomic E-state index is 11.5. The molecule has 1 aromatic carbocycles. The number of nitrogens with zero attached hydrogens (tertiary/aromatic N) is 1. The van der Waals surface area contributed by atoms with E-state index in [1.165, 1.54) is 5.56 Å². The Morgan fingerprint density at radius 2 is 1.85 bits per heavy atom. The molecule has 0 aliphatic rings. The molecule has 1 unspecified atom stereocenters. The number of rotatable bonds is 7. The van der Waals surface area contributed by atoms with E-state index < -0.39 is 0 Å². The van der Waals surface area contributed by atoms with Crippen molar-refractivity contribution in [3.8, 4) is 0 Å². The van der Waals surface area contributed by atoms with E-state index in [1.807, 2.05) is 19.1 Å². The lowest BCUT2D eigenvalue weighted by molar-refractivity contribution is -0.122. The van der Waals surface area contributed by atoms with E-state index >= 15 is 0 Å². The molecular weight excluding hydrogens is 250 g/mol. The number of nitrogens with one attached hydrogen (secondary N) is 1. The predicted octanol–water partition coefficient (Wildman–Crippen LogP) is 2.26. The zero-order valence-corrected chi connectivity index (χ0v) is 13.0. The van der Waals surface area contributed by atoms with Crippen LogP contribution >= 0.6 is 0 Å². The smallest absolute Gasteiger partial charge is 0.241 e. The molecule has 0 aliphatic heterocycles. The van der Waals surface area contributed by atoms with Crippen molar-refractivity contribution in [3.05, 3.63) is 35.4 Å². The molecule has 0 fully saturated rings. The summed E-state index contributed by atoms with van der Waals surface area (Å²) in [6.45, 7) is 11.6. The molecular formula is C16H27N3O. The fourth-order valence-corrected chi connectivity index (χ4v) is 2.27. The number of hydrazine groups is 1. The van der Waals surface area contributed by atoms with Crippen LogP contribution in [0, 0.1) is 5.92 Å². The maximum absolute atomic E-state index is 11.5. The highest BCUT2D eigenvalue weighted by Crippen LogP contribution is 2.17. The maximum Gasteiger partial charge on any atom is 0.241 e. The van der Waals surface area contributed by atoms with E-state index in [2.05, 4.69) is 43.2 Å². The standard InChI is InChI=1S/C16H27N3O/c1-5-19(10-12(2)3)11-14-6-8-15(9-7-14)13(4)16(20)18-17/h6-9,12-13H,5,10-11,17H2,1-4H3,(H,18,20). The molecule has 20 heavy (non-hydrogen) atoms. The molecule has 1 atom stereocenters. The number of hydrogen-bond donors (Lipinski definition) is 2. The van der Waals surface area contributed by atoms with Crippen molar-refractivity contribution in [2.75, 3.05) is 13.1 Å². The summed E-state index contributed by atoms with van der Waals surface area (Å²) < 4.78 is 0. The Bertz CT molecular complexity index is 414. The highest BCUT2D eigenvalue weighted by Gasteiger charge is 2.13. The Hall–Kier alpha value is -1.39. The summed E-state index contributed by atoms with van der Waals surface area (Å²) in [5.41, 5.74) is 4.46. The van der Waals surface area contributed by atoms with Crippen LogP contribution in [-0.4, -0.2) is 23.9 Å². The number of nitrogens with two attached hydrogens (primary N) is 1. The van der Waals surface area contributed by atoms with Crippen LogP contribution in [-0.2, 0) is 11.3 Å². The quantitative estimate of drug-likeness (QED) is 0.456. The summed E-state index contributed by atoms with van der Waals surface area (Å²) in [4.78, 5) is 13.9. The molecule has 1 rings (SSSR count). The Kier molecular flexibility index (Phi) is 6.68. The number of amides is 1. The lowest BCUT2D eigenvalue weighted by atomic mass is 9.99. The highest BCUT2D eigenvalue weighted by atomic mass is 16.2. The first kappa shape index (κ1) is 16.7. The molecule has 112 valence electrons. The van der Waals surface area contributed by atoms with Gasteiger partial charge in [-0.15, -0.1) is 0 Å². The first-order valence-electron chi connectivity index (χ1n) is 7.29. The third-order valence-electron chi connectivity index (χ3n) is 3.49. The van der Waals surface area contributed by atoms with Gasteiger partial charge >= 0.3 is 0 Å². The number of carbonyl (C=O) groups is 1. The van der Waals surface area contributed by atoms with Gasteiger partial charge in [-0.3, -0.25) is 15.1 Å². The first-order chi connectivity index (χ1) is 9.47. The lowest BCUT2D eigenvalue weighted by Gasteiger charge is -2.22. The van der Waals surface area contributed by atoms with Gasteiger partial charge in [0.25, 0.3) is 0 Å².